The molecule has 12 N–H and O–H groups in total. The first-order valence-electron chi connectivity index (χ1n) is 39.6. The molecule has 4 aliphatic heterocycles. The van der Waals surface area contributed by atoms with Crippen LogP contribution < -0.4 is 66.9 Å². The molecule has 596 valence electrons. The van der Waals surface area contributed by atoms with Crippen LogP contribution in [0.4, 0.5) is 104 Å². The Labute approximate surface area is 669 Å². The summed E-state index contributed by atoms with van der Waals surface area (Å²) in [5.74, 6) is 6.56. The molecule has 0 amide bonds. The van der Waals surface area contributed by atoms with E-state index in [0.717, 1.165) is 191 Å². The first-order chi connectivity index (χ1) is 57.2. The Hall–Kier alpha value is -13.2. The number of fused-ring (bicyclic) bond motifs is 4. The van der Waals surface area contributed by atoms with Crippen LogP contribution in [0.3, 0.4) is 0 Å². The third-order valence-electron chi connectivity index (χ3n) is 20.7. The van der Waals surface area contributed by atoms with Crippen LogP contribution in [-0.2, 0) is 18.9 Å². The number of anilines is 18. The number of methoxy groups -OCH3 is 1. The molecule has 0 bridgehead atoms. The van der Waals surface area contributed by atoms with Gasteiger partial charge in [0.2, 0.25) is 23.8 Å². The predicted molar refractivity (Wildman–Crippen MR) is 456 cm³/mol. The molecule has 12 heterocycles. The highest BCUT2D eigenvalue weighted by Crippen LogP contribution is 2.34. The average molecular weight is 1560 g/mol. The maximum absolute atomic E-state index is 5.43. The fourth-order valence-electron chi connectivity index (χ4n) is 14.3. The van der Waals surface area contributed by atoms with Gasteiger partial charge in [-0.1, -0.05) is 25.0 Å². The van der Waals surface area contributed by atoms with Crippen molar-refractivity contribution >= 4 is 149 Å². The van der Waals surface area contributed by atoms with Crippen molar-refractivity contribution < 1.29 is 23.7 Å². The lowest BCUT2D eigenvalue weighted by Gasteiger charge is -2.28. The Morgan fingerprint density at radius 2 is 0.690 bits per heavy atom. The number of nitrogens with one attached hydrogen (secondary N) is 12. The number of ether oxygens (including phenoxy) is 5. The van der Waals surface area contributed by atoms with Gasteiger partial charge in [0.05, 0.1) is 85.3 Å². The normalized spacial score (nSPS) is 15.7. The van der Waals surface area contributed by atoms with Gasteiger partial charge in [-0.15, -0.1) is 0 Å². The Kier molecular flexibility index (Phi) is 23.6. The van der Waals surface area contributed by atoms with Crippen LogP contribution in [0.25, 0.3) is 44.7 Å². The van der Waals surface area contributed by atoms with Crippen LogP contribution in [0.5, 0.6) is 5.75 Å². The number of imidazole rings is 4. The molecule has 6 aliphatic rings. The molecule has 14 aromatic rings. The predicted octanol–water partition coefficient (Wildman–Crippen LogP) is 13.7. The van der Waals surface area contributed by atoms with Gasteiger partial charge in [0, 0.05) is 122 Å². The summed E-state index contributed by atoms with van der Waals surface area (Å²) in [6.45, 7) is 16.6. The number of hydrogen-bond acceptors (Lipinski definition) is 29. The van der Waals surface area contributed by atoms with Gasteiger partial charge in [-0.3, -0.25) is 0 Å². The maximum Gasteiger partial charge on any atom is 0.231 e. The Balaban J connectivity index is 0.000000111. The van der Waals surface area contributed by atoms with E-state index >= 15 is 0 Å². The number of benzene rings is 6. The van der Waals surface area contributed by atoms with E-state index in [1.807, 2.05) is 60.7 Å². The molecule has 0 unspecified atom stereocenters. The van der Waals surface area contributed by atoms with Crippen LogP contribution in [0.15, 0.2) is 171 Å². The minimum atomic E-state index is 0.467. The van der Waals surface area contributed by atoms with Crippen molar-refractivity contribution in [1.82, 2.24) is 79.7 Å². The summed E-state index contributed by atoms with van der Waals surface area (Å²) in [7, 11) is 1.65. The van der Waals surface area contributed by atoms with E-state index in [4.69, 9.17) is 28.7 Å². The SMILES string of the molecule is COc1ccc(Nc2nc(Nc3ccc(N4CCOCC4)cc3)nc3nc[nH]c23)cc1.Cc1cccc(Nc2nc(Nc3ccc(N4CCOCC4)cc3)nc3nc[nH]c23)c1.c1nc2nc(Nc3ccc(N4CCOCC4)cc3)nc(NC3CCCC3)c2[nH]1.c1nc2nc(Nc3ccc(N4CCOCC4)cc3)nc(NCC3CC3)c2[nH]1. The molecule has 0 radical (unpaired) electrons. The second kappa shape index (κ2) is 36.3. The van der Waals surface area contributed by atoms with Crippen molar-refractivity contribution in [2.24, 2.45) is 5.92 Å². The number of hydrogen-bond donors (Lipinski definition) is 12. The van der Waals surface area contributed by atoms with Crippen molar-refractivity contribution in [2.75, 3.05) is 181 Å². The largest absolute Gasteiger partial charge is 0.497 e. The smallest absolute Gasteiger partial charge is 0.231 e. The summed E-state index contributed by atoms with van der Waals surface area (Å²) in [6.07, 6.45) is 14.1. The first-order valence-corrected chi connectivity index (χ1v) is 39.6. The van der Waals surface area contributed by atoms with Crippen LogP contribution in [0, 0.1) is 12.8 Å². The molecule has 116 heavy (non-hydrogen) atoms. The van der Waals surface area contributed by atoms with Gasteiger partial charge in [-0.2, -0.15) is 39.9 Å². The fourth-order valence-corrected chi connectivity index (χ4v) is 14.3. The van der Waals surface area contributed by atoms with Gasteiger partial charge in [-0.25, -0.2) is 19.9 Å². The number of aromatic nitrogens is 16. The van der Waals surface area contributed by atoms with Gasteiger partial charge < -0.3 is 106 Å². The summed E-state index contributed by atoms with van der Waals surface area (Å²) in [6, 6.07) is 49.5. The zero-order valence-electron chi connectivity index (χ0n) is 64.8. The lowest BCUT2D eigenvalue weighted by Crippen LogP contribution is -2.36. The highest BCUT2D eigenvalue weighted by Gasteiger charge is 2.24. The van der Waals surface area contributed by atoms with Crippen LogP contribution in [-0.4, -0.2) is 205 Å². The van der Waals surface area contributed by atoms with Crippen LogP contribution >= 0.6 is 0 Å². The summed E-state index contributed by atoms with van der Waals surface area (Å²) in [5, 5.41) is 26.9. The van der Waals surface area contributed by atoms with E-state index in [1.165, 1.54) is 66.8 Å². The Morgan fingerprint density at radius 1 is 0.362 bits per heavy atom. The van der Waals surface area contributed by atoms with Gasteiger partial charge in [0.15, 0.2) is 45.9 Å². The van der Waals surface area contributed by atoms with Crippen molar-refractivity contribution in [3.8, 4) is 5.75 Å². The molecule has 0 spiro atoms. The standard InChI is InChI=1S/C22H23N7O2.C22H23N7O.C20H25N7O.C19H23N7O/c1-30-18-8-4-15(5-9-18)25-21-19-20(24-14-23-19)27-22(28-21)26-16-2-6-17(7-3-16)29-10-12-31-13-11-29;1-15-3-2-4-17(13-15)25-21-19-20(24-14-23-19)27-22(28-21)26-16-5-7-18(8-6-16)29-9-11-30-12-10-29;1-2-4-14(3-1)23-19-17-18(22-13-21-17)25-20(26-19)24-15-5-7-16(8-6-15)27-9-11-28-12-10-27;1-2-13(1)11-20-17-16-18(22-12-21-16)25-19(24-17)23-14-3-5-15(6-4-14)26-7-9-27-10-8-26/h2-9,14H,10-13H2,1H3,(H3,23,24,25,26,27,28);2-8,13-14H,9-12H2,1H3,(H3,23,24,25,26,27,28);5-8,13-14H,1-4,9-12H2,(H3,21,22,23,24,25,26);3-6,12-13H,1-2,7-11H2,(H3,20,21,22,23,24,25). The zero-order chi connectivity index (χ0) is 78.2. The van der Waals surface area contributed by atoms with Crippen LogP contribution in [0.2, 0.25) is 0 Å². The summed E-state index contributed by atoms with van der Waals surface area (Å²) < 4.78 is 26.9. The summed E-state index contributed by atoms with van der Waals surface area (Å²) in [5.41, 5.74) is 17.3. The molecule has 2 aliphatic carbocycles. The molecule has 0 atom stereocenters. The van der Waals surface area contributed by atoms with Crippen molar-refractivity contribution in [1.29, 1.82) is 0 Å². The third-order valence-corrected chi connectivity index (χ3v) is 20.7. The zero-order valence-corrected chi connectivity index (χ0v) is 64.8. The van der Waals surface area contributed by atoms with Gasteiger partial charge >= 0.3 is 0 Å². The molecule has 33 heteroatoms. The monoisotopic (exact) mass is 1560 g/mol. The quantitative estimate of drug-likeness (QED) is 0.0300. The molecule has 6 fully saturated rings. The number of aryl methyl sites for hydroxylation is 1. The van der Waals surface area contributed by atoms with E-state index in [2.05, 4.69) is 229 Å². The molecule has 8 aromatic heterocycles. The average Bonchev–Trinajstić information content (AvgIpc) is 1.61. The highest BCUT2D eigenvalue weighted by atomic mass is 16.5. The minimum absolute atomic E-state index is 0.467. The number of nitrogens with zero attached hydrogens (tertiary/aromatic N) is 16. The molecule has 2 saturated carbocycles. The topological polar surface area (TPSA) is 373 Å². The van der Waals surface area contributed by atoms with E-state index in [0.29, 0.717) is 64.1 Å². The number of rotatable bonds is 22. The molecule has 33 nitrogen and oxygen atoms in total. The molecule has 6 aromatic carbocycles. The molecular weight excluding hydrogens is 1470 g/mol. The van der Waals surface area contributed by atoms with E-state index in [-0.39, 0.29) is 0 Å². The van der Waals surface area contributed by atoms with Gasteiger partial charge in [0.25, 0.3) is 0 Å². The van der Waals surface area contributed by atoms with E-state index < -0.39 is 0 Å². The molecule has 20 rings (SSSR count). The van der Waals surface area contributed by atoms with Gasteiger partial charge in [-0.05, 0) is 178 Å². The highest BCUT2D eigenvalue weighted by molar-refractivity contribution is 5.89. The summed E-state index contributed by atoms with van der Waals surface area (Å²) in [4.78, 5) is 75.8. The molecule has 4 saturated heterocycles. The Bertz CT molecular complexity index is 5500. The minimum Gasteiger partial charge on any atom is -0.497 e. The van der Waals surface area contributed by atoms with E-state index in [9.17, 15) is 0 Å². The number of H-pyrrole nitrogens is 4. The number of aromatic amines is 4. The molecular formula is C83H94N28O5. The van der Waals surface area contributed by atoms with Gasteiger partial charge in [0.1, 0.15) is 27.8 Å². The third kappa shape index (κ3) is 19.3. The second-order valence-corrected chi connectivity index (χ2v) is 28.9. The lowest BCUT2D eigenvalue weighted by atomic mass is 10.2. The van der Waals surface area contributed by atoms with Crippen LogP contribution in [0.1, 0.15) is 44.1 Å². The second-order valence-electron chi connectivity index (χ2n) is 28.9. The van der Waals surface area contributed by atoms with Crippen molar-refractivity contribution in [3.63, 3.8) is 0 Å². The Morgan fingerprint density at radius 3 is 1.05 bits per heavy atom. The summed E-state index contributed by atoms with van der Waals surface area (Å²) >= 11 is 0. The van der Waals surface area contributed by atoms with Crippen molar-refractivity contribution in [3.05, 3.63) is 176 Å². The van der Waals surface area contributed by atoms with Crippen molar-refractivity contribution in [2.45, 2.75) is 51.5 Å². The number of morpholine rings is 4. The maximum atomic E-state index is 5.43. The van der Waals surface area contributed by atoms with E-state index in [1.54, 1.807) is 32.4 Å². The first kappa shape index (κ1) is 75.4. The lowest BCUT2D eigenvalue weighted by molar-refractivity contribution is 0.122. The fraction of sp³-hybridized carbons (Fsp3) is 0.325.